The van der Waals surface area contributed by atoms with Crippen LogP contribution in [0.2, 0.25) is 0 Å². The molecule has 1 saturated heterocycles. The summed E-state index contributed by atoms with van der Waals surface area (Å²) < 4.78 is 4.71. The number of ether oxygens (including phenoxy) is 1. The third kappa shape index (κ3) is 3.23. The topological polar surface area (TPSA) is 71.5 Å². The Morgan fingerprint density at radius 2 is 2.42 bits per heavy atom. The number of nitrogens with one attached hydrogen (secondary N) is 1. The zero-order chi connectivity index (χ0) is 14.0. The Morgan fingerprint density at radius 3 is 2.95 bits per heavy atom. The van der Waals surface area contributed by atoms with Gasteiger partial charge in [-0.25, -0.2) is 9.78 Å². The van der Waals surface area contributed by atoms with Crippen molar-refractivity contribution >= 4 is 23.3 Å². The third-order valence-electron chi connectivity index (χ3n) is 2.81. The van der Waals surface area contributed by atoms with E-state index in [0.717, 1.165) is 10.7 Å². The van der Waals surface area contributed by atoms with Crippen molar-refractivity contribution in [1.29, 1.82) is 0 Å². The molecule has 0 saturated carbocycles. The number of cyclic esters (lactones) is 1. The van der Waals surface area contributed by atoms with Crippen molar-refractivity contribution in [1.82, 2.24) is 15.2 Å². The highest BCUT2D eigenvalue weighted by Crippen LogP contribution is 2.20. The number of hydrogen-bond acceptors (Lipinski definition) is 5. The summed E-state index contributed by atoms with van der Waals surface area (Å²) in [6, 6.07) is -0.583. The number of amides is 2. The lowest BCUT2D eigenvalue weighted by molar-refractivity contribution is -0.132. The van der Waals surface area contributed by atoms with Gasteiger partial charge in [-0.15, -0.1) is 11.3 Å². The van der Waals surface area contributed by atoms with Crippen molar-refractivity contribution in [3.05, 3.63) is 16.1 Å². The predicted octanol–water partition coefficient (Wildman–Crippen LogP) is 1.33. The maximum absolute atomic E-state index is 12.0. The monoisotopic (exact) mass is 283 g/mol. The van der Waals surface area contributed by atoms with Gasteiger partial charge in [-0.05, 0) is 0 Å². The highest BCUT2D eigenvalue weighted by molar-refractivity contribution is 7.09. The van der Waals surface area contributed by atoms with Crippen LogP contribution in [0.3, 0.4) is 0 Å². The SMILES string of the molecule is CC(C)c1nc(CN(C)C(=O)[C@@H]2COC(=O)N2)cs1. The van der Waals surface area contributed by atoms with Gasteiger partial charge in [0.25, 0.3) is 0 Å². The lowest BCUT2D eigenvalue weighted by Gasteiger charge is -2.18. The predicted molar refractivity (Wildman–Crippen MR) is 70.9 cm³/mol. The molecule has 1 aliphatic heterocycles. The van der Waals surface area contributed by atoms with Gasteiger partial charge in [0.05, 0.1) is 17.2 Å². The average molecular weight is 283 g/mol. The molecule has 2 heterocycles. The molecular formula is C12H17N3O3S. The minimum absolute atomic E-state index is 0.0936. The van der Waals surface area contributed by atoms with Gasteiger partial charge >= 0.3 is 6.09 Å². The van der Waals surface area contributed by atoms with Gasteiger partial charge in [0.1, 0.15) is 12.6 Å². The average Bonchev–Trinajstić information content (AvgIpc) is 2.97. The number of nitrogens with zero attached hydrogens (tertiary/aromatic N) is 2. The third-order valence-corrected chi connectivity index (χ3v) is 4.00. The number of rotatable bonds is 4. The lowest BCUT2D eigenvalue weighted by atomic mass is 10.2. The van der Waals surface area contributed by atoms with Crippen LogP contribution in [0.25, 0.3) is 0 Å². The normalized spacial score (nSPS) is 18.3. The van der Waals surface area contributed by atoms with E-state index >= 15 is 0 Å². The second kappa shape index (κ2) is 5.56. The van der Waals surface area contributed by atoms with Gasteiger partial charge in [-0.3, -0.25) is 4.79 Å². The van der Waals surface area contributed by atoms with Gasteiger partial charge in [0.15, 0.2) is 0 Å². The quantitative estimate of drug-likeness (QED) is 0.905. The van der Waals surface area contributed by atoms with Crippen molar-refractivity contribution in [3.8, 4) is 0 Å². The number of aromatic nitrogens is 1. The molecule has 1 aliphatic rings. The Kier molecular flexibility index (Phi) is 4.04. The fourth-order valence-corrected chi connectivity index (χ4v) is 2.59. The fourth-order valence-electron chi connectivity index (χ4n) is 1.77. The molecule has 1 aromatic heterocycles. The summed E-state index contributed by atoms with van der Waals surface area (Å²) in [5, 5.41) is 5.50. The van der Waals surface area contributed by atoms with Gasteiger partial charge in [0, 0.05) is 18.3 Å². The highest BCUT2D eigenvalue weighted by atomic mass is 32.1. The van der Waals surface area contributed by atoms with Crippen molar-refractivity contribution in [2.24, 2.45) is 0 Å². The minimum Gasteiger partial charge on any atom is -0.447 e. The number of hydrogen-bond donors (Lipinski definition) is 1. The zero-order valence-corrected chi connectivity index (χ0v) is 12.0. The van der Waals surface area contributed by atoms with E-state index in [1.54, 1.807) is 23.3 Å². The number of thiazole rings is 1. The molecule has 1 aromatic rings. The molecule has 0 bridgehead atoms. The van der Waals surface area contributed by atoms with Crippen LogP contribution in [0.5, 0.6) is 0 Å². The van der Waals surface area contributed by atoms with Crippen molar-refractivity contribution in [2.75, 3.05) is 13.7 Å². The number of carbonyl (C=O) groups excluding carboxylic acids is 2. The molecule has 1 N–H and O–H groups in total. The first-order valence-electron chi connectivity index (χ1n) is 6.10. The van der Waals surface area contributed by atoms with Gasteiger partial charge in [0.2, 0.25) is 5.91 Å². The molecule has 0 radical (unpaired) electrons. The highest BCUT2D eigenvalue weighted by Gasteiger charge is 2.31. The Morgan fingerprint density at radius 1 is 1.68 bits per heavy atom. The van der Waals surface area contributed by atoms with Crippen LogP contribution in [0.1, 0.15) is 30.5 Å². The van der Waals surface area contributed by atoms with Gasteiger partial charge in [-0.2, -0.15) is 0 Å². The molecule has 104 valence electrons. The Hall–Kier alpha value is -1.63. The Balaban J connectivity index is 1.94. The second-order valence-electron chi connectivity index (χ2n) is 4.82. The summed E-state index contributed by atoms with van der Waals surface area (Å²) in [5.74, 6) is 0.229. The van der Waals surface area contributed by atoms with Crippen molar-refractivity contribution in [2.45, 2.75) is 32.4 Å². The van der Waals surface area contributed by atoms with Crippen molar-refractivity contribution < 1.29 is 14.3 Å². The second-order valence-corrected chi connectivity index (χ2v) is 5.71. The molecule has 1 fully saturated rings. The number of carbonyl (C=O) groups is 2. The minimum atomic E-state index is -0.583. The summed E-state index contributed by atoms with van der Waals surface area (Å²) in [7, 11) is 1.70. The molecule has 2 amide bonds. The molecular weight excluding hydrogens is 266 g/mol. The van der Waals surface area contributed by atoms with E-state index in [1.807, 2.05) is 5.38 Å². The first-order chi connectivity index (χ1) is 8.97. The summed E-state index contributed by atoms with van der Waals surface area (Å²) in [5.41, 5.74) is 0.870. The fraction of sp³-hybridized carbons (Fsp3) is 0.583. The van der Waals surface area contributed by atoms with Crippen LogP contribution in [-0.4, -0.2) is 41.6 Å². The van der Waals surface area contributed by atoms with Crippen LogP contribution >= 0.6 is 11.3 Å². The van der Waals surface area contributed by atoms with E-state index in [-0.39, 0.29) is 12.5 Å². The van der Waals surface area contributed by atoms with Crippen molar-refractivity contribution in [3.63, 3.8) is 0 Å². The van der Waals surface area contributed by atoms with E-state index in [2.05, 4.69) is 24.1 Å². The van der Waals surface area contributed by atoms with Crippen LogP contribution in [0.4, 0.5) is 4.79 Å². The molecule has 6 nitrogen and oxygen atoms in total. The molecule has 2 rings (SSSR count). The molecule has 1 atom stereocenters. The van der Waals surface area contributed by atoms with E-state index in [1.165, 1.54) is 0 Å². The van der Waals surface area contributed by atoms with Crippen LogP contribution in [-0.2, 0) is 16.1 Å². The molecule has 19 heavy (non-hydrogen) atoms. The summed E-state index contributed by atoms with van der Waals surface area (Å²) in [4.78, 5) is 29.0. The first-order valence-corrected chi connectivity index (χ1v) is 6.98. The lowest BCUT2D eigenvalue weighted by Crippen LogP contribution is -2.43. The van der Waals surface area contributed by atoms with E-state index < -0.39 is 12.1 Å². The molecule has 0 aliphatic carbocycles. The smallest absolute Gasteiger partial charge is 0.407 e. The standard InChI is InChI=1S/C12H17N3O3S/c1-7(2)10-13-8(6-19-10)4-15(3)11(16)9-5-18-12(17)14-9/h6-7,9H,4-5H2,1-3H3,(H,14,17)/t9-/m0/s1. The summed E-state index contributed by atoms with van der Waals surface area (Å²) in [6.07, 6.45) is -0.539. The number of alkyl carbamates (subject to hydrolysis) is 1. The van der Waals surface area contributed by atoms with E-state index in [0.29, 0.717) is 12.5 Å². The molecule has 7 heteroatoms. The first kappa shape index (κ1) is 13.8. The van der Waals surface area contributed by atoms with Gasteiger partial charge in [-0.1, -0.05) is 13.8 Å². The van der Waals surface area contributed by atoms with Crippen LogP contribution in [0.15, 0.2) is 5.38 Å². The van der Waals surface area contributed by atoms with Crippen LogP contribution < -0.4 is 5.32 Å². The maximum atomic E-state index is 12.0. The molecule has 0 spiro atoms. The molecule has 0 aromatic carbocycles. The van der Waals surface area contributed by atoms with Gasteiger partial charge < -0.3 is 15.0 Å². The summed E-state index contributed by atoms with van der Waals surface area (Å²) >= 11 is 1.60. The Bertz CT molecular complexity index is 486. The Labute approximate surface area is 115 Å². The van der Waals surface area contributed by atoms with E-state index in [9.17, 15) is 9.59 Å². The maximum Gasteiger partial charge on any atom is 0.407 e. The largest absolute Gasteiger partial charge is 0.447 e. The van der Waals surface area contributed by atoms with Crippen LogP contribution in [0, 0.1) is 0 Å². The number of likely N-dealkylation sites (N-methyl/N-ethyl adjacent to an activating group) is 1. The summed E-state index contributed by atoms with van der Waals surface area (Å²) in [6.45, 7) is 4.70. The molecule has 0 unspecified atom stereocenters. The zero-order valence-electron chi connectivity index (χ0n) is 11.2. The van der Waals surface area contributed by atoms with E-state index in [4.69, 9.17) is 4.74 Å².